The minimum absolute atomic E-state index is 0.00748. The lowest BCUT2D eigenvalue weighted by Gasteiger charge is -2.40. The van der Waals surface area contributed by atoms with Crippen molar-refractivity contribution in [2.24, 2.45) is 0 Å². The highest BCUT2D eigenvalue weighted by Gasteiger charge is 2.47. The van der Waals surface area contributed by atoms with Crippen molar-refractivity contribution in [1.29, 1.82) is 0 Å². The third-order valence-corrected chi connectivity index (χ3v) is 10.5. The molecule has 0 spiro atoms. The summed E-state index contributed by atoms with van der Waals surface area (Å²) in [6.45, 7) is 6.68. The van der Waals surface area contributed by atoms with Gasteiger partial charge >= 0.3 is 6.85 Å². The van der Waals surface area contributed by atoms with Crippen molar-refractivity contribution in [3.05, 3.63) is 127 Å². The minimum Gasteiger partial charge on any atom is -0.466 e. The van der Waals surface area contributed by atoms with E-state index in [1.165, 1.54) is 44.1 Å². The maximum absolute atomic E-state index is 7.07. The molecule has 0 saturated carbocycles. The van der Waals surface area contributed by atoms with Crippen LogP contribution in [0.1, 0.15) is 26.3 Å². The Labute approximate surface area is 271 Å². The van der Waals surface area contributed by atoms with E-state index in [-0.39, 0.29) is 12.3 Å². The van der Waals surface area contributed by atoms with Crippen LogP contribution in [0.4, 0.5) is 11.4 Å². The van der Waals surface area contributed by atoms with Crippen LogP contribution in [0.5, 0.6) is 0 Å². The molecule has 11 rings (SSSR count). The molecule has 3 aromatic heterocycles. The molecule has 9 aromatic rings. The maximum Gasteiger partial charge on any atom is 0.375 e. The molecule has 2 aliphatic heterocycles. The molecule has 222 valence electrons. The van der Waals surface area contributed by atoms with E-state index in [1.807, 2.05) is 6.07 Å². The number of benzene rings is 6. The standard InChI is InChI=1S/C42H29BN2O2/c1-42(2,3)24-17-20-36-32(21-24)40-41(47-36)43-38-28(26-13-7-9-15-33(26)45(43)25-11-5-4-6-12-25)18-19-29-30-22-31-27-14-8-10-16-35(27)46-37(31)23-34(30)44(40)39(29)38/h4-23H,1-3H3. The number of hydrogen-bond acceptors (Lipinski definition) is 3. The van der Waals surface area contributed by atoms with Crippen LogP contribution in [0.3, 0.4) is 0 Å². The lowest BCUT2D eigenvalue weighted by atomic mass is 9.46. The van der Waals surface area contributed by atoms with Gasteiger partial charge in [0.1, 0.15) is 22.4 Å². The summed E-state index contributed by atoms with van der Waals surface area (Å²) in [6, 6.07) is 43.9. The summed E-state index contributed by atoms with van der Waals surface area (Å²) in [7, 11) is 0. The molecule has 47 heavy (non-hydrogen) atoms. The van der Waals surface area contributed by atoms with Crippen molar-refractivity contribution in [3.63, 3.8) is 0 Å². The Balaban J connectivity index is 1.36. The van der Waals surface area contributed by atoms with E-state index >= 15 is 0 Å². The monoisotopic (exact) mass is 604 g/mol. The average Bonchev–Trinajstić information content (AvgIpc) is 3.75. The molecule has 0 saturated heterocycles. The predicted octanol–water partition coefficient (Wildman–Crippen LogP) is 9.96. The maximum atomic E-state index is 7.07. The van der Waals surface area contributed by atoms with Gasteiger partial charge in [0.15, 0.2) is 0 Å². The highest BCUT2D eigenvalue weighted by molar-refractivity contribution is 6.93. The Kier molecular flexibility index (Phi) is 4.65. The Morgan fingerprint density at radius 1 is 0.574 bits per heavy atom. The van der Waals surface area contributed by atoms with Crippen molar-refractivity contribution in [3.8, 4) is 16.8 Å². The Bertz CT molecular complexity index is 2790. The zero-order valence-electron chi connectivity index (χ0n) is 26.3. The minimum atomic E-state index is -0.146. The Morgan fingerprint density at radius 2 is 1.36 bits per heavy atom. The molecule has 5 heteroatoms. The zero-order valence-corrected chi connectivity index (χ0v) is 26.3. The van der Waals surface area contributed by atoms with Gasteiger partial charge in [0.2, 0.25) is 0 Å². The third-order valence-electron chi connectivity index (χ3n) is 10.5. The largest absolute Gasteiger partial charge is 0.466 e. The molecule has 6 aromatic carbocycles. The number of anilines is 2. The first-order valence-corrected chi connectivity index (χ1v) is 16.4. The van der Waals surface area contributed by atoms with Crippen LogP contribution in [-0.4, -0.2) is 11.4 Å². The molecule has 0 aliphatic carbocycles. The second-order valence-electron chi connectivity index (χ2n) is 14.1. The lowest BCUT2D eigenvalue weighted by Crippen LogP contribution is -2.60. The van der Waals surface area contributed by atoms with E-state index < -0.39 is 0 Å². The normalized spacial score (nSPS) is 13.8. The summed E-state index contributed by atoms with van der Waals surface area (Å²) in [5.74, 6) is 0. The quantitative estimate of drug-likeness (QED) is 0.175. The zero-order chi connectivity index (χ0) is 31.2. The Hall–Kier alpha value is -5.68. The van der Waals surface area contributed by atoms with E-state index in [1.54, 1.807) is 0 Å². The SMILES string of the molecule is CC(C)(C)c1ccc2oc3c(c2c1)-n1c2cc4oc5ccccc5c4cc2c2ccc4c(c21)B3N(c1ccccc1)c1ccccc1-4. The molecule has 0 amide bonds. The first-order valence-electron chi connectivity index (χ1n) is 16.4. The first-order chi connectivity index (χ1) is 23.0. The van der Waals surface area contributed by atoms with Crippen molar-refractivity contribution >= 4 is 84.1 Å². The van der Waals surface area contributed by atoms with Crippen LogP contribution in [0.15, 0.2) is 130 Å². The molecule has 0 atom stereocenters. The van der Waals surface area contributed by atoms with E-state index in [9.17, 15) is 0 Å². The van der Waals surface area contributed by atoms with Gasteiger partial charge in [-0.25, -0.2) is 0 Å². The summed E-state index contributed by atoms with van der Waals surface area (Å²) < 4.78 is 16.0. The van der Waals surface area contributed by atoms with Gasteiger partial charge in [-0.15, -0.1) is 0 Å². The van der Waals surface area contributed by atoms with Crippen LogP contribution in [0.2, 0.25) is 0 Å². The average molecular weight is 605 g/mol. The number of furan rings is 2. The van der Waals surface area contributed by atoms with Crippen molar-refractivity contribution in [2.45, 2.75) is 26.2 Å². The second-order valence-corrected chi connectivity index (χ2v) is 14.1. The van der Waals surface area contributed by atoms with E-state index in [0.717, 1.165) is 55.5 Å². The fourth-order valence-electron chi connectivity index (χ4n) is 8.38. The fraction of sp³-hybridized carbons (Fsp3) is 0.0952. The van der Waals surface area contributed by atoms with E-state index in [4.69, 9.17) is 8.83 Å². The first kappa shape index (κ1) is 25.5. The summed E-state index contributed by atoms with van der Waals surface area (Å²) in [5.41, 5.74) is 14.6. The van der Waals surface area contributed by atoms with Crippen LogP contribution < -0.4 is 15.9 Å². The number of aromatic nitrogens is 1. The molecule has 5 heterocycles. The van der Waals surface area contributed by atoms with Crippen LogP contribution in [-0.2, 0) is 5.41 Å². The van der Waals surface area contributed by atoms with Gasteiger partial charge in [-0.2, -0.15) is 0 Å². The molecule has 4 nitrogen and oxygen atoms in total. The third kappa shape index (κ3) is 3.19. The summed E-state index contributed by atoms with van der Waals surface area (Å²) in [4.78, 5) is 2.49. The van der Waals surface area contributed by atoms with Crippen LogP contribution >= 0.6 is 0 Å². The van der Waals surface area contributed by atoms with Gasteiger partial charge in [0, 0.05) is 49.9 Å². The van der Waals surface area contributed by atoms with Gasteiger partial charge in [-0.3, -0.25) is 0 Å². The summed E-state index contributed by atoms with van der Waals surface area (Å²) in [5, 5.41) is 5.89. The predicted molar refractivity (Wildman–Crippen MR) is 196 cm³/mol. The molecule has 0 unspecified atom stereocenters. The van der Waals surface area contributed by atoms with Crippen LogP contribution in [0, 0.1) is 0 Å². The Morgan fingerprint density at radius 3 is 2.23 bits per heavy atom. The highest BCUT2D eigenvalue weighted by atomic mass is 16.3. The smallest absolute Gasteiger partial charge is 0.375 e. The molecule has 0 fully saturated rings. The van der Waals surface area contributed by atoms with Gasteiger partial charge in [0.05, 0.1) is 16.7 Å². The topological polar surface area (TPSA) is 34.5 Å². The number of para-hydroxylation sites is 3. The van der Waals surface area contributed by atoms with E-state index in [2.05, 4.69) is 145 Å². The van der Waals surface area contributed by atoms with Crippen molar-refractivity contribution in [1.82, 2.24) is 4.57 Å². The lowest BCUT2D eigenvalue weighted by molar-refractivity contribution is 0.590. The van der Waals surface area contributed by atoms with Gasteiger partial charge < -0.3 is 18.2 Å². The molecule has 0 bridgehead atoms. The van der Waals surface area contributed by atoms with Gasteiger partial charge in [0.25, 0.3) is 0 Å². The number of fused-ring (bicyclic) bond motifs is 13. The molecule has 0 N–H and O–H groups in total. The van der Waals surface area contributed by atoms with Gasteiger partial charge in [-0.1, -0.05) is 93.6 Å². The summed E-state index contributed by atoms with van der Waals surface area (Å²) >= 11 is 0. The molecular formula is C42H29BN2O2. The van der Waals surface area contributed by atoms with Gasteiger partial charge in [-0.05, 0) is 64.5 Å². The molecular weight excluding hydrogens is 575 g/mol. The molecule has 0 radical (unpaired) electrons. The van der Waals surface area contributed by atoms with Crippen molar-refractivity contribution in [2.75, 3.05) is 4.81 Å². The summed E-state index contributed by atoms with van der Waals surface area (Å²) in [6.07, 6.45) is 0. The number of rotatable bonds is 1. The number of hydrogen-bond donors (Lipinski definition) is 0. The fourth-order valence-corrected chi connectivity index (χ4v) is 8.38. The second kappa shape index (κ2) is 8.57. The van der Waals surface area contributed by atoms with E-state index in [0.29, 0.717) is 0 Å². The highest BCUT2D eigenvalue weighted by Crippen LogP contribution is 2.47. The number of nitrogens with zero attached hydrogens (tertiary/aromatic N) is 2. The van der Waals surface area contributed by atoms with Crippen LogP contribution in [0.25, 0.3) is 71.5 Å². The van der Waals surface area contributed by atoms with Crippen molar-refractivity contribution < 1.29 is 8.83 Å². The molecule has 2 aliphatic rings.